The first kappa shape index (κ1) is 15.3. The summed E-state index contributed by atoms with van der Waals surface area (Å²) in [5.74, 6) is -0.464. The smallest absolute Gasteiger partial charge is 0.225 e. The van der Waals surface area contributed by atoms with Crippen LogP contribution in [-0.4, -0.2) is 32.1 Å². The Morgan fingerprint density at radius 3 is 2.86 bits per heavy atom. The van der Waals surface area contributed by atoms with Crippen LogP contribution in [0.1, 0.15) is 32.4 Å². The zero-order valence-electron chi connectivity index (χ0n) is 12.1. The largest absolute Gasteiger partial charge is 0.284 e. The van der Waals surface area contributed by atoms with Crippen molar-refractivity contribution < 1.29 is 9.18 Å². The molecule has 22 heavy (non-hydrogen) atoms. The second kappa shape index (κ2) is 6.25. The van der Waals surface area contributed by atoms with Gasteiger partial charge in [0.2, 0.25) is 11.0 Å². The van der Waals surface area contributed by atoms with Gasteiger partial charge in [-0.15, -0.1) is 10.2 Å². The summed E-state index contributed by atoms with van der Waals surface area (Å²) < 4.78 is 14.7. The van der Waals surface area contributed by atoms with E-state index in [0.29, 0.717) is 21.6 Å². The van der Waals surface area contributed by atoms with Gasteiger partial charge in [-0.2, -0.15) is 0 Å². The molecule has 0 atom stereocenters. The molecule has 1 saturated carbocycles. The van der Waals surface area contributed by atoms with Crippen LogP contribution in [-0.2, 0) is 11.2 Å². The van der Waals surface area contributed by atoms with Crippen molar-refractivity contribution in [2.45, 2.75) is 48.5 Å². The highest BCUT2D eigenvalue weighted by Gasteiger charge is 2.34. The van der Waals surface area contributed by atoms with Crippen LogP contribution in [0, 0.1) is 5.82 Å². The maximum atomic E-state index is 14.1. The zero-order valence-corrected chi connectivity index (χ0v) is 13.7. The summed E-state index contributed by atoms with van der Waals surface area (Å²) in [6.07, 6.45) is 3.82. The second-order valence-electron chi connectivity index (χ2n) is 4.87. The molecule has 0 spiro atoms. The quantitative estimate of drug-likeness (QED) is 0.616. The summed E-state index contributed by atoms with van der Waals surface area (Å²) in [7, 11) is 0. The molecule has 0 radical (unpaired) electrons. The Balaban J connectivity index is 1.81. The molecule has 2 heterocycles. The lowest BCUT2D eigenvalue weighted by molar-refractivity contribution is -0.116. The number of hydrogen-bond acceptors (Lipinski definition) is 7. The molecule has 0 bridgehead atoms. The van der Waals surface area contributed by atoms with Crippen molar-refractivity contribution in [3.63, 3.8) is 0 Å². The summed E-state index contributed by atoms with van der Waals surface area (Å²) in [5, 5.41) is 8.88. The summed E-state index contributed by atoms with van der Waals surface area (Å²) in [6, 6.07) is 0.228. The van der Waals surface area contributed by atoms with Crippen molar-refractivity contribution >= 4 is 34.1 Å². The van der Waals surface area contributed by atoms with Gasteiger partial charge in [0.25, 0.3) is 0 Å². The van der Waals surface area contributed by atoms with E-state index in [2.05, 4.69) is 20.2 Å². The molecule has 1 aliphatic carbocycles. The average molecular weight is 339 g/mol. The highest BCUT2D eigenvalue weighted by molar-refractivity contribution is 8.01. The number of anilines is 1. The van der Waals surface area contributed by atoms with Gasteiger partial charge in [0.15, 0.2) is 10.2 Å². The number of aryl methyl sites for hydroxylation is 1. The first-order valence-corrected chi connectivity index (χ1v) is 8.54. The maximum Gasteiger partial charge on any atom is 0.225 e. The topological polar surface area (TPSA) is 71.9 Å². The number of carbonyl (C=O) groups excluding carboxylic acids is 1. The van der Waals surface area contributed by atoms with Crippen LogP contribution in [0.25, 0.3) is 0 Å². The molecule has 9 heteroatoms. The third-order valence-electron chi connectivity index (χ3n) is 3.20. The van der Waals surface area contributed by atoms with Crippen molar-refractivity contribution in [2.75, 3.05) is 4.90 Å². The Hall–Kier alpha value is -1.61. The number of amides is 1. The van der Waals surface area contributed by atoms with E-state index in [4.69, 9.17) is 0 Å². The van der Waals surface area contributed by atoms with Gasteiger partial charge < -0.3 is 0 Å². The van der Waals surface area contributed by atoms with Gasteiger partial charge in [-0.25, -0.2) is 14.4 Å². The van der Waals surface area contributed by atoms with Crippen LogP contribution < -0.4 is 4.90 Å². The van der Waals surface area contributed by atoms with Gasteiger partial charge in [0, 0.05) is 13.0 Å². The van der Waals surface area contributed by atoms with Crippen LogP contribution in [0.3, 0.4) is 0 Å². The van der Waals surface area contributed by atoms with E-state index < -0.39 is 5.82 Å². The molecule has 0 unspecified atom stereocenters. The average Bonchev–Trinajstić information content (AvgIpc) is 3.21. The summed E-state index contributed by atoms with van der Waals surface area (Å²) in [4.78, 5) is 21.2. The molecule has 0 saturated heterocycles. The number of nitrogens with zero attached hydrogens (tertiary/aromatic N) is 5. The monoisotopic (exact) mass is 339 g/mol. The first-order valence-electron chi connectivity index (χ1n) is 6.90. The van der Waals surface area contributed by atoms with Gasteiger partial charge in [0.1, 0.15) is 11.4 Å². The lowest BCUT2D eigenvalue weighted by Gasteiger charge is -2.15. The molecule has 116 valence electrons. The van der Waals surface area contributed by atoms with Crippen molar-refractivity contribution in [2.24, 2.45) is 0 Å². The predicted molar refractivity (Wildman–Crippen MR) is 81.6 cm³/mol. The minimum atomic E-state index is -0.419. The van der Waals surface area contributed by atoms with Gasteiger partial charge in [-0.05, 0) is 31.0 Å². The lowest BCUT2D eigenvalue weighted by atomic mass is 10.3. The van der Waals surface area contributed by atoms with E-state index >= 15 is 0 Å². The minimum Gasteiger partial charge on any atom is -0.284 e. The van der Waals surface area contributed by atoms with E-state index in [0.717, 1.165) is 24.6 Å². The predicted octanol–water partition coefficient (Wildman–Crippen LogP) is 2.70. The molecule has 0 N–H and O–H groups in total. The van der Waals surface area contributed by atoms with E-state index in [1.807, 2.05) is 6.92 Å². The second-order valence-corrected chi connectivity index (χ2v) is 7.06. The maximum absolute atomic E-state index is 14.1. The Kier molecular flexibility index (Phi) is 4.34. The Morgan fingerprint density at radius 1 is 1.45 bits per heavy atom. The molecule has 1 aliphatic rings. The van der Waals surface area contributed by atoms with Gasteiger partial charge in [-0.1, -0.05) is 18.3 Å². The summed E-state index contributed by atoms with van der Waals surface area (Å²) in [5.41, 5.74) is 0.380. The summed E-state index contributed by atoms with van der Waals surface area (Å²) in [6.45, 7) is 3.35. The van der Waals surface area contributed by atoms with Crippen LogP contribution >= 0.6 is 23.1 Å². The molecule has 2 aromatic heterocycles. The van der Waals surface area contributed by atoms with Crippen molar-refractivity contribution in [1.29, 1.82) is 0 Å². The molecule has 6 nitrogen and oxygen atoms in total. The SMILES string of the molecule is CCc1ncnc(Sc2nnc(N(C(C)=O)C3CC3)s2)c1F. The van der Waals surface area contributed by atoms with Crippen molar-refractivity contribution in [3.8, 4) is 0 Å². The Morgan fingerprint density at radius 2 is 2.23 bits per heavy atom. The number of rotatable bonds is 5. The molecular weight excluding hydrogens is 325 g/mol. The molecule has 3 rings (SSSR count). The van der Waals surface area contributed by atoms with E-state index in [1.165, 1.54) is 24.6 Å². The number of hydrogen-bond donors (Lipinski definition) is 0. The molecule has 0 aliphatic heterocycles. The van der Waals surface area contributed by atoms with E-state index in [9.17, 15) is 9.18 Å². The summed E-state index contributed by atoms with van der Waals surface area (Å²) >= 11 is 2.38. The number of aromatic nitrogens is 4. The lowest BCUT2D eigenvalue weighted by Crippen LogP contribution is -2.30. The number of halogens is 1. The van der Waals surface area contributed by atoms with Gasteiger partial charge in [-0.3, -0.25) is 9.69 Å². The van der Waals surface area contributed by atoms with Crippen LogP contribution in [0.15, 0.2) is 15.7 Å². The van der Waals surface area contributed by atoms with E-state index in [1.54, 1.807) is 4.90 Å². The number of carbonyl (C=O) groups is 1. The minimum absolute atomic E-state index is 0.0447. The standard InChI is InChI=1S/C13H14FN5OS2/c1-3-9-10(14)11(16-6-15-9)21-13-18-17-12(22-13)19(7(2)20)8-4-5-8/h6,8H,3-5H2,1-2H3. The highest BCUT2D eigenvalue weighted by atomic mass is 32.2. The normalized spacial score (nSPS) is 14.1. The van der Waals surface area contributed by atoms with Gasteiger partial charge >= 0.3 is 0 Å². The highest BCUT2D eigenvalue weighted by Crippen LogP contribution is 2.37. The molecular formula is C13H14FN5OS2. The molecule has 1 amide bonds. The fourth-order valence-corrected chi connectivity index (χ4v) is 3.89. The van der Waals surface area contributed by atoms with Crippen LogP contribution in [0.4, 0.5) is 9.52 Å². The molecule has 0 aromatic carbocycles. The van der Waals surface area contributed by atoms with Crippen molar-refractivity contribution in [3.05, 3.63) is 17.8 Å². The zero-order chi connectivity index (χ0) is 15.7. The van der Waals surface area contributed by atoms with Crippen molar-refractivity contribution in [1.82, 2.24) is 20.2 Å². The van der Waals surface area contributed by atoms with E-state index in [-0.39, 0.29) is 17.0 Å². The first-order chi connectivity index (χ1) is 10.6. The van der Waals surface area contributed by atoms with Crippen LogP contribution in [0.2, 0.25) is 0 Å². The fourth-order valence-electron chi connectivity index (χ4n) is 2.01. The van der Waals surface area contributed by atoms with Crippen LogP contribution in [0.5, 0.6) is 0 Å². The third-order valence-corrected chi connectivity index (χ3v) is 5.15. The molecule has 2 aromatic rings. The fraction of sp³-hybridized carbons (Fsp3) is 0.462. The molecule has 1 fully saturated rings. The Labute approximate surface area is 135 Å². The Bertz CT molecular complexity index is 703. The van der Waals surface area contributed by atoms with Gasteiger partial charge in [0.05, 0.1) is 5.69 Å². The third kappa shape index (κ3) is 3.09.